The van der Waals surface area contributed by atoms with Crippen molar-refractivity contribution in [1.82, 2.24) is 5.32 Å². The van der Waals surface area contributed by atoms with Gasteiger partial charge < -0.3 is 10.1 Å². The Labute approximate surface area is 125 Å². The molecular weight excluding hydrogens is 266 g/mol. The van der Waals surface area contributed by atoms with Crippen LogP contribution in [0.2, 0.25) is 0 Å². The summed E-state index contributed by atoms with van der Waals surface area (Å²) in [6.07, 6.45) is 1.04. The molecule has 0 aliphatic carbocycles. The maximum Gasteiger partial charge on any atom is 0.118 e. The zero-order valence-corrected chi connectivity index (χ0v) is 13.2. The van der Waals surface area contributed by atoms with Crippen molar-refractivity contribution in [3.63, 3.8) is 0 Å². The lowest BCUT2D eigenvalue weighted by Crippen LogP contribution is -2.27. The van der Waals surface area contributed by atoms with E-state index in [4.69, 9.17) is 4.74 Å². The molecule has 2 nitrogen and oxygen atoms in total. The van der Waals surface area contributed by atoms with E-state index < -0.39 is 0 Å². The van der Waals surface area contributed by atoms with Crippen molar-refractivity contribution in [1.29, 1.82) is 0 Å². The average Bonchev–Trinajstić information content (AvgIpc) is 2.97. The quantitative estimate of drug-likeness (QED) is 0.821. The predicted molar refractivity (Wildman–Crippen MR) is 86.6 cm³/mol. The minimum absolute atomic E-state index is 0.452. The lowest BCUT2D eigenvalue weighted by atomic mass is 10.0. The van der Waals surface area contributed by atoms with Gasteiger partial charge in [-0.1, -0.05) is 32.0 Å². The lowest BCUT2D eigenvalue weighted by molar-refractivity contribution is 0.414. The third-order valence-electron chi connectivity index (χ3n) is 3.45. The van der Waals surface area contributed by atoms with Crippen molar-refractivity contribution < 1.29 is 4.74 Å². The molecule has 2 rings (SSSR count). The Bertz CT molecular complexity index is 490. The van der Waals surface area contributed by atoms with Crippen molar-refractivity contribution in [2.75, 3.05) is 13.7 Å². The second kappa shape index (κ2) is 7.46. The molecule has 2 aromatic rings. The van der Waals surface area contributed by atoms with Gasteiger partial charge in [0.15, 0.2) is 0 Å². The summed E-state index contributed by atoms with van der Waals surface area (Å²) >= 11 is 1.83. The minimum atomic E-state index is 0.452. The molecule has 0 aliphatic rings. The van der Waals surface area contributed by atoms with Crippen LogP contribution in [0.15, 0.2) is 41.8 Å². The van der Waals surface area contributed by atoms with Gasteiger partial charge in [-0.3, -0.25) is 0 Å². The van der Waals surface area contributed by atoms with E-state index in [1.54, 1.807) is 7.11 Å². The first-order chi connectivity index (χ1) is 9.70. The van der Waals surface area contributed by atoms with Gasteiger partial charge in [0.2, 0.25) is 0 Å². The Hall–Kier alpha value is -1.32. The molecule has 0 spiro atoms. The third-order valence-corrected chi connectivity index (χ3v) is 4.41. The fourth-order valence-electron chi connectivity index (χ4n) is 2.30. The van der Waals surface area contributed by atoms with Gasteiger partial charge in [0.1, 0.15) is 5.75 Å². The van der Waals surface area contributed by atoms with Crippen molar-refractivity contribution >= 4 is 11.3 Å². The van der Waals surface area contributed by atoms with E-state index in [1.807, 2.05) is 23.5 Å². The number of hydrogen-bond acceptors (Lipinski definition) is 3. The molecular formula is C17H23NOS. The summed E-state index contributed by atoms with van der Waals surface area (Å²) < 4.78 is 5.18. The van der Waals surface area contributed by atoms with Gasteiger partial charge in [-0.15, -0.1) is 11.3 Å². The third kappa shape index (κ3) is 4.09. The fourth-order valence-corrected chi connectivity index (χ4v) is 3.27. The fraction of sp³-hybridized carbons (Fsp3) is 0.412. The van der Waals surface area contributed by atoms with Gasteiger partial charge in [0, 0.05) is 10.9 Å². The zero-order valence-electron chi connectivity index (χ0n) is 12.4. The number of benzene rings is 1. The number of thiophene rings is 1. The van der Waals surface area contributed by atoms with E-state index in [1.165, 1.54) is 10.4 Å². The van der Waals surface area contributed by atoms with Gasteiger partial charge in [0.05, 0.1) is 7.11 Å². The lowest BCUT2D eigenvalue weighted by Gasteiger charge is -2.21. The second-order valence-electron chi connectivity index (χ2n) is 5.29. The van der Waals surface area contributed by atoms with Crippen molar-refractivity contribution in [2.45, 2.75) is 26.3 Å². The Morgan fingerprint density at radius 2 is 1.90 bits per heavy atom. The first kappa shape index (κ1) is 15.1. The molecule has 0 bridgehead atoms. The van der Waals surface area contributed by atoms with Gasteiger partial charge >= 0.3 is 0 Å². The van der Waals surface area contributed by atoms with E-state index in [9.17, 15) is 0 Å². The van der Waals surface area contributed by atoms with Gasteiger partial charge in [0.25, 0.3) is 0 Å². The molecule has 1 heterocycles. The number of hydrogen-bond donors (Lipinski definition) is 1. The SMILES string of the molecule is COc1ccc(CCNC(c2cccs2)C(C)C)cc1. The maximum atomic E-state index is 5.18. The Balaban J connectivity index is 1.87. The van der Waals surface area contributed by atoms with Crippen LogP contribution in [-0.2, 0) is 6.42 Å². The molecule has 1 aromatic heterocycles. The summed E-state index contributed by atoms with van der Waals surface area (Å²) in [4.78, 5) is 1.43. The molecule has 0 radical (unpaired) electrons. The summed E-state index contributed by atoms with van der Waals surface area (Å²) in [5.74, 6) is 1.52. The highest BCUT2D eigenvalue weighted by Crippen LogP contribution is 2.25. The standard InChI is InChI=1S/C17H23NOS/c1-13(2)17(16-5-4-12-20-16)18-11-10-14-6-8-15(19-3)9-7-14/h4-9,12-13,17-18H,10-11H2,1-3H3. The first-order valence-electron chi connectivity index (χ1n) is 7.10. The van der Waals surface area contributed by atoms with Crippen LogP contribution in [0.1, 0.15) is 30.3 Å². The molecule has 0 aliphatic heterocycles. The molecule has 108 valence electrons. The molecule has 0 fully saturated rings. The monoisotopic (exact) mass is 289 g/mol. The van der Waals surface area contributed by atoms with E-state index >= 15 is 0 Å². The number of rotatable bonds is 7. The molecule has 0 saturated carbocycles. The molecule has 20 heavy (non-hydrogen) atoms. The van der Waals surface area contributed by atoms with Crippen LogP contribution in [0.3, 0.4) is 0 Å². The Morgan fingerprint density at radius 1 is 1.15 bits per heavy atom. The summed E-state index contributed by atoms with van der Waals surface area (Å²) in [5, 5.41) is 5.83. The van der Waals surface area contributed by atoms with Gasteiger partial charge in [-0.25, -0.2) is 0 Å². The number of ether oxygens (including phenoxy) is 1. The van der Waals surface area contributed by atoms with Crippen LogP contribution in [0.5, 0.6) is 5.75 Å². The smallest absolute Gasteiger partial charge is 0.118 e. The zero-order chi connectivity index (χ0) is 14.4. The molecule has 0 amide bonds. The van der Waals surface area contributed by atoms with E-state index in [-0.39, 0.29) is 0 Å². The molecule has 1 unspecified atom stereocenters. The highest BCUT2D eigenvalue weighted by molar-refractivity contribution is 7.10. The molecule has 3 heteroatoms. The number of methoxy groups -OCH3 is 1. The average molecular weight is 289 g/mol. The largest absolute Gasteiger partial charge is 0.497 e. The van der Waals surface area contributed by atoms with E-state index in [2.05, 4.69) is 48.8 Å². The van der Waals surface area contributed by atoms with Crippen LogP contribution in [0, 0.1) is 5.92 Å². The van der Waals surface area contributed by atoms with E-state index in [0.717, 1.165) is 18.7 Å². The van der Waals surface area contributed by atoms with Gasteiger partial charge in [-0.2, -0.15) is 0 Å². The summed E-state index contributed by atoms with van der Waals surface area (Å²) in [5.41, 5.74) is 1.34. The number of nitrogens with one attached hydrogen (secondary N) is 1. The van der Waals surface area contributed by atoms with Crippen LogP contribution < -0.4 is 10.1 Å². The second-order valence-corrected chi connectivity index (χ2v) is 6.27. The van der Waals surface area contributed by atoms with Crippen LogP contribution in [0.25, 0.3) is 0 Å². The topological polar surface area (TPSA) is 21.3 Å². The molecule has 1 aromatic carbocycles. The normalized spacial score (nSPS) is 12.6. The van der Waals surface area contributed by atoms with Crippen LogP contribution in [-0.4, -0.2) is 13.7 Å². The molecule has 1 atom stereocenters. The van der Waals surface area contributed by atoms with Gasteiger partial charge in [-0.05, 0) is 48.0 Å². The molecule has 0 saturated heterocycles. The summed E-state index contributed by atoms with van der Waals surface area (Å²) in [6.45, 7) is 5.53. The summed E-state index contributed by atoms with van der Waals surface area (Å²) in [6, 6.07) is 13.1. The molecule has 1 N–H and O–H groups in total. The summed E-state index contributed by atoms with van der Waals surface area (Å²) in [7, 11) is 1.70. The van der Waals surface area contributed by atoms with Crippen LogP contribution >= 0.6 is 11.3 Å². The van der Waals surface area contributed by atoms with Crippen molar-refractivity contribution in [2.24, 2.45) is 5.92 Å². The van der Waals surface area contributed by atoms with E-state index in [0.29, 0.717) is 12.0 Å². The highest BCUT2D eigenvalue weighted by Gasteiger charge is 2.15. The Morgan fingerprint density at radius 3 is 2.45 bits per heavy atom. The maximum absolute atomic E-state index is 5.18. The van der Waals surface area contributed by atoms with Crippen molar-refractivity contribution in [3.05, 3.63) is 52.2 Å². The minimum Gasteiger partial charge on any atom is -0.497 e. The Kier molecular flexibility index (Phi) is 5.62. The highest BCUT2D eigenvalue weighted by atomic mass is 32.1. The van der Waals surface area contributed by atoms with Crippen molar-refractivity contribution in [3.8, 4) is 5.75 Å². The van der Waals surface area contributed by atoms with Crippen LogP contribution in [0.4, 0.5) is 0 Å². The first-order valence-corrected chi connectivity index (χ1v) is 7.98. The predicted octanol–water partition coefficient (Wildman–Crippen LogP) is 4.29.